The van der Waals surface area contributed by atoms with Crippen LogP contribution in [0.25, 0.3) is 0 Å². The Labute approximate surface area is 149 Å². The van der Waals surface area contributed by atoms with Gasteiger partial charge in [0.15, 0.2) is 5.11 Å². The highest BCUT2D eigenvalue weighted by Crippen LogP contribution is 2.32. The molecule has 23 heavy (non-hydrogen) atoms. The fraction of sp³-hybridized carbons (Fsp3) is 0.0667. The van der Waals surface area contributed by atoms with Gasteiger partial charge in [0.2, 0.25) is 0 Å². The third-order valence-corrected chi connectivity index (χ3v) is 4.02. The number of halogens is 2. The highest BCUT2D eigenvalue weighted by Gasteiger charge is 2.16. The summed E-state index contributed by atoms with van der Waals surface area (Å²) in [5, 5.41) is 7.00. The number of nitrogens with one attached hydrogen (secondary N) is 2. The Morgan fingerprint density at radius 3 is 2.43 bits per heavy atom. The first kappa shape index (κ1) is 17.3. The van der Waals surface area contributed by atoms with Crippen molar-refractivity contribution in [3.63, 3.8) is 0 Å². The third-order valence-electron chi connectivity index (χ3n) is 2.97. The number of amides is 2. The molecule has 0 radical (unpaired) electrons. The van der Waals surface area contributed by atoms with Gasteiger partial charge >= 0.3 is 6.03 Å². The standard InChI is InChI=1S/C15H14Cl2N4OS/c1-19-15(23)20-9-3-2-4-10(7-9)21(14(18)22)11-5-6-12(16)13(17)8-11/h2-8H,1H3,(H2,18,22)(H2,19,20,23). The summed E-state index contributed by atoms with van der Waals surface area (Å²) < 4.78 is 0. The number of hydrogen-bond donors (Lipinski definition) is 3. The minimum Gasteiger partial charge on any atom is -0.366 e. The minimum absolute atomic E-state index is 0.334. The number of urea groups is 1. The summed E-state index contributed by atoms with van der Waals surface area (Å²) in [5.74, 6) is 0. The second-order valence-corrected chi connectivity index (χ2v) is 5.75. The number of primary amides is 1. The highest BCUT2D eigenvalue weighted by molar-refractivity contribution is 7.80. The van der Waals surface area contributed by atoms with E-state index in [1.165, 1.54) is 4.90 Å². The van der Waals surface area contributed by atoms with Crippen molar-refractivity contribution >= 4 is 63.6 Å². The average molecular weight is 369 g/mol. The van der Waals surface area contributed by atoms with Crippen molar-refractivity contribution in [2.24, 2.45) is 5.73 Å². The number of carbonyl (C=O) groups excluding carboxylic acids is 1. The maximum absolute atomic E-state index is 11.9. The van der Waals surface area contributed by atoms with E-state index in [1.54, 1.807) is 43.4 Å². The molecule has 5 nitrogen and oxygen atoms in total. The molecule has 0 aliphatic heterocycles. The van der Waals surface area contributed by atoms with Crippen LogP contribution in [0.3, 0.4) is 0 Å². The summed E-state index contributed by atoms with van der Waals surface area (Å²) in [5.41, 5.74) is 7.32. The first-order valence-electron chi connectivity index (χ1n) is 6.56. The summed E-state index contributed by atoms with van der Waals surface area (Å²) in [4.78, 5) is 13.2. The number of benzene rings is 2. The molecule has 2 rings (SSSR count). The van der Waals surface area contributed by atoms with Crippen LogP contribution in [0.1, 0.15) is 0 Å². The molecule has 8 heteroatoms. The lowest BCUT2D eigenvalue weighted by atomic mass is 10.2. The van der Waals surface area contributed by atoms with E-state index < -0.39 is 6.03 Å². The molecule has 0 unspecified atom stereocenters. The summed E-state index contributed by atoms with van der Waals surface area (Å²) in [6.45, 7) is 0. The van der Waals surface area contributed by atoms with Crippen LogP contribution in [-0.2, 0) is 0 Å². The van der Waals surface area contributed by atoms with Gasteiger partial charge in [0.1, 0.15) is 0 Å². The molecule has 0 atom stereocenters. The topological polar surface area (TPSA) is 70.4 Å². The maximum Gasteiger partial charge on any atom is 0.323 e. The zero-order valence-corrected chi connectivity index (χ0v) is 14.5. The molecule has 0 saturated heterocycles. The summed E-state index contributed by atoms with van der Waals surface area (Å²) in [6, 6.07) is 11.3. The molecular formula is C15H14Cl2N4OS. The average Bonchev–Trinajstić information content (AvgIpc) is 2.51. The second-order valence-electron chi connectivity index (χ2n) is 4.53. The van der Waals surface area contributed by atoms with Gasteiger partial charge in [-0.05, 0) is 48.6 Å². The van der Waals surface area contributed by atoms with E-state index in [2.05, 4.69) is 10.6 Å². The van der Waals surface area contributed by atoms with E-state index in [0.717, 1.165) is 0 Å². The van der Waals surface area contributed by atoms with E-state index in [0.29, 0.717) is 32.2 Å². The van der Waals surface area contributed by atoms with Gasteiger partial charge < -0.3 is 16.4 Å². The SMILES string of the molecule is CNC(=S)Nc1cccc(N(C(N)=O)c2ccc(Cl)c(Cl)c2)c1. The quantitative estimate of drug-likeness (QED) is 0.712. The molecule has 0 fully saturated rings. The van der Waals surface area contributed by atoms with Gasteiger partial charge in [-0.25, -0.2) is 4.79 Å². The van der Waals surface area contributed by atoms with Crippen molar-refractivity contribution < 1.29 is 4.79 Å². The number of nitrogens with two attached hydrogens (primary N) is 1. The van der Waals surface area contributed by atoms with E-state index in [9.17, 15) is 4.79 Å². The number of rotatable bonds is 3. The Bertz CT molecular complexity index is 754. The molecular weight excluding hydrogens is 355 g/mol. The van der Waals surface area contributed by atoms with E-state index >= 15 is 0 Å². The maximum atomic E-state index is 11.9. The molecule has 0 aliphatic rings. The van der Waals surface area contributed by atoms with Crippen molar-refractivity contribution in [2.75, 3.05) is 17.3 Å². The molecule has 0 spiro atoms. The summed E-state index contributed by atoms with van der Waals surface area (Å²) >= 11 is 17.0. The van der Waals surface area contributed by atoms with Crippen LogP contribution >= 0.6 is 35.4 Å². The van der Waals surface area contributed by atoms with Crippen molar-refractivity contribution in [3.05, 3.63) is 52.5 Å². The van der Waals surface area contributed by atoms with Crippen LogP contribution in [0.15, 0.2) is 42.5 Å². The van der Waals surface area contributed by atoms with Gasteiger partial charge in [0.05, 0.1) is 21.4 Å². The van der Waals surface area contributed by atoms with E-state index in [4.69, 9.17) is 41.2 Å². The van der Waals surface area contributed by atoms with Crippen LogP contribution in [0.5, 0.6) is 0 Å². The van der Waals surface area contributed by atoms with Gasteiger partial charge in [0, 0.05) is 12.7 Å². The second kappa shape index (κ2) is 7.50. The first-order chi connectivity index (χ1) is 10.9. The van der Waals surface area contributed by atoms with Crippen LogP contribution in [-0.4, -0.2) is 18.2 Å². The molecule has 0 bridgehead atoms. The Morgan fingerprint density at radius 1 is 1.13 bits per heavy atom. The first-order valence-corrected chi connectivity index (χ1v) is 7.72. The van der Waals surface area contributed by atoms with Gasteiger partial charge in [-0.15, -0.1) is 0 Å². The smallest absolute Gasteiger partial charge is 0.323 e. The van der Waals surface area contributed by atoms with Crippen molar-refractivity contribution in [3.8, 4) is 0 Å². The molecule has 0 aromatic heterocycles. The predicted molar refractivity (Wildman–Crippen MR) is 99.9 cm³/mol. The molecule has 2 amide bonds. The summed E-state index contributed by atoms with van der Waals surface area (Å²) in [6.07, 6.45) is 0. The van der Waals surface area contributed by atoms with Crippen molar-refractivity contribution in [1.29, 1.82) is 0 Å². The molecule has 0 heterocycles. The Balaban J connectivity index is 2.41. The monoisotopic (exact) mass is 368 g/mol. The number of nitrogens with zero attached hydrogens (tertiary/aromatic N) is 1. The van der Waals surface area contributed by atoms with E-state index in [-0.39, 0.29) is 0 Å². The normalized spacial score (nSPS) is 10.0. The van der Waals surface area contributed by atoms with Gasteiger partial charge in [-0.3, -0.25) is 4.90 Å². The zero-order valence-electron chi connectivity index (χ0n) is 12.1. The van der Waals surface area contributed by atoms with Crippen molar-refractivity contribution in [1.82, 2.24) is 5.32 Å². The van der Waals surface area contributed by atoms with Crippen molar-refractivity contribution in [2.45, 2.75) is 0 Å². The summed E-state index contributed by atoms with van der Waals surface area (Å²) in [7, 11) is 1.71. The van der Waals surface area contributed by atoms with Crippen LogP contribution in [0.4, 0.5) is 21.9 Å². The lowest BCUT2D eigenvalue weighted by molar-refractivity contribution is 0.256. The largest absolute Gasteiger partial charge is 0.366 e. The van der Waals surface area contributed by atoms with E-state index in [1.807, 2.05) is 6.07 Å². The number of carbonyl (C=O) groups is 1. The Kier molecular flexibility index (Phi) is 5.65. The predicted octanol–water partition coefficient (Wildman–Crippen LogP) is 4.13. The third kappa shape index (κ3) is 4.25. The number of hydrogen-bond acceptors (Lipinski definition) is 2. The van der Waals surface area contributed by atoms with Crippen LogP contribution < -0.4 is 21.3 Å². The number of thiocarbonyl (C=S) groups is 1. The Morgan fingerprint density at radius 2 is 1.83 bits per heavy atom. The minimum atomic E-state index is -0.642. The molecule has 2 aromatic rings. The molecule has 120 valence electrons. The molecule has 4 N–H and O–H groups in total. The highest BCUT2D eigenvalue weighted by atomic mass is 35.5. The fourth-order valence-electron chi connectivity index (χ4n) is 1.94. The molecule has 0 saturated carbocycles. The van der Waals surface area contributed by atoms with Gasteiger partial charge in [-0.1, -0.05) is 29.3 Å². The Hall–Kier alpha value is -2.02. The number of anilines is 3. The fourth-order valence-corrected chi connectivity index (χ4v) is 2.35. The van der Waals surface area contributed by atoms with Crippen LogP contribution in [0.2, 0.25) is 10.0 Å². The zero-order chi connectivity index (χ0) is 17.0. The van der Waals surface area contributed by atoms with Crippen LogP contribution in [0, 0.1) is 0 Å². The van der Waals surface area contributed by atoms with Gasteiger partial charge in [-0.2, -0.15) is 0 Å². The molecule has 2 aromatic carbocycles. The lowest BCUT2D eigenvalue weighted by Gasteiger charge is -2.22. The molecule has 0 aliphatic carbocycles. The lowest BCUT2D eigenvalue weighted by Crippen LogP contribution is -2.31. The van der Waals surface area contributed by atoms with Gasteiger partial charge in [0.25, 0.3) is 0 Å².